The third-order valence-electron chi connectivity index (χ3n) is 3.62. The lowest BCUT2D eigenvalue weighted by Gasteiger charge is -2.06. The van der Waals surface area contributed by atoms with E-state index in [1.807, 2.05) is 53.4 Å². The quantitative estimate of drug-likeness (QED) is 0.736. The fraction of sp³-hybridized carbons (Fsp3) is 0.118. The molecule has 0 aliphatic heterocycles. The molecule has 0 saturated heterocycles. The summed E-state index contributed by atoms with van der Waals surface area (Å²) in [6.07, 6.45) is 3.64. The second kappa shape index (κ2) is 5.34. The first kappa shape index (κ1) is 13.8. The Hall–Kier alpha value is -3.13. The maximum absolute atomic E-state index is 12.6. The zero-order valence-electron chi connectivity index (χ0n) is 12.4. The Labute approximate surface area is 128 Å². The van der Waals surface area contributed by atoms with Gasteiger partial charge in [0.25, 0.3) is 11.6 Å². The van der Waals surface area contributed by atoms with Gasteiger partial charge >= 0.3 is 0 Å². The van der Waals surface area contributed by atoms with Crippen molar-refractivity contribution in [3.8, 4) is 6.07 Å². The molecule has 1 amide bonds. The molecule has 5 heteroatoms. The van der Waals surface area contributed by atoms with Crippen molar-refractivity contribution >= 4 is 17.2 Å². The average Bonchev–Trinajstić information content (AvgIpc) is 2.87. The molecule has 1 aromatic carbocycles. The lowest BCUT2D eigenvalue weighted by Crippen LogP contribution is -2.25. The van der Waals surface area contributed by atoms with Gasteiger partial charge in [-0.2, -0.15) is 9.66 Å². The number of carbonyl (C=O) groups excluding carboxylic acids is 1. The minimum Gasteiger partial charge on any atom is -0.318 e. The number of pyridine rings is 1. The minimum absolute atomic E-state index is 0.208. The van der Waals surface area contributed by atoms with Crippen molar-refractivity contribution in [1.29, 1.82) is 5.26 Å². The van der Waals surface area contributed by atoms with E-state index >= 15 is 0 Å². The van der Waals surface area contributed by atoms with E-state index in [1.54, 1.807) is 18.3 Å². The number of nitriles is 1. The number of aryl methyl sites for hydroxylation is 2. The van der Waals surface area contributed by atoms with Crippen LogP contribution in [0.15, 0.2) is 48.8 Å². The topological polar surface area (TPSA) is 61.2 Å². The van der Waals surface area contributed by atoms with Crippen LogP contribution in [-0.2, 0) is 7.05 Å². The molecule has 3 aromatic rings. The van der Waals surface area contributed by atoms with E-state index in [9.17, 15) is 4.79 Å². The van der Waals surface area contributed by atoms with Gasteiger partial charge in [0.05, 0.1) is 24.9 Å². The Kier molecular flexibility index (Phi) is 3.36. The zero-order chi connectivity index (χ0) is 15.7. The Morgan fingerprint density at radius 2 is 2.14 bits per heavy atom. The third-order valence-corrected chi connectivity index (χ3v) is 3.62. The van der Waals surface area contributed by atoms with E-state index in [2.05, 4.69) is 11.4 Å². The number of hydrogen-bond donors (Lipinski definition) is 1. The van der Waals surface area contributed by atoms with Gasteiger partial charge in [-0.05, 0) is 30.7 Å². The standard InChI is InChI=1S/C17H14N4O/c1-12-6-7-13(10-18)9-14(12)19-17(22)15-11-20(2)16-5-3-4-8-21(15)16/h3-9,11H,1-2H3/p+1. The van der Waals surface area contributed by atoms with Crippen molar-refractivity contribution in [2.75, 3.05) is 5.32 Å². The molecule has 0 unspecified atom stereocenters. The van der Waals surface area contributed by atoms with Crippen LogP contribution in [0.4, 0.5) is 5.69 Å². The molecule has 3 rings (SSSR count). The van der Waals surface area contributed by atoms with Gasteiger partial charge in [0, 0.05) is 11.8 Å². The third kappa shape index (κ3) is 2.31. The van der Waals surface area contributed by atoms with Gasteiger partial charge in [0.15, 0.2) is 0 Å². The van der Waals surface area contributed by atoms with Gasteiger partial charge in [0.1, 0.15) is 6.20 Å². The molecule has 2 aromatic heterocycles. The first-order valence-corrected chi connectivity index (χ1v) is 6.88. The zero-order valence-corrected chi connectivity index (χ0v) is 12.4. The van der Waals surface area contributed by atoms with Crippen molar-refractivity contribution in [3.05, 3.63) is 65.6 Å². The summed E-state index contributed by atoms with van der Waals surface area (Å²) in [5.74, 6) is -0.208. The summed E-state index contributed by atoms with van der Waals surface area (Å²) < 4.78 is 3.73. The fourth-order valence-electron chi connectivity index (χ4n) is 2.42. The van der Waals surface area contributed by atoms with Gasteiger partial charge in [-0.3, -0.25) is 4.79 Å². The molecule has 0 atom stereocenters. The summed E-state index contributed by atoms with van der Waals surface area (Å²) >= 11 is 0. The summed E-state index contributed by atoms with van der Waals surface area (Å²) in [5, 5.41) is 11.9. The highest BCUT2D eigenvalue weighted by Crippen LogP contribution is 2.17. The highest BCUT2D eigenvalue weighted by atomic mass is 16.1. The van der Waals surface area contributed by atoms with E-state index < -0.39 is 0 Å². The second-order valence-electron chi connectivity index (χ2n) is 5.15. The van der Waals surface area contributed by atoms with E-state index in [0.29, 0.717) is 16.9 Å². The van der Waals surface area contributed by atoms with Gasteiger partial charge < -0.3 is 5.32 Å². The fourth-order valence-corrected chi connectivity index (χ4v) is 2.42. The molecule has 5 nitrogen and oxygen atoms in total. The largest absolute Gasteiger partial charge is 0.318 e. The number of rotatable bonds is 2. The normalized spacial score (nSPS) is 10.4. The molecule has 1 N–H and O–H groups in total. The van der Waals surface area contributed by atoms with E-state index in [1.165, 1.54) is 0 Å². The first-order chi connectivity index (χ1) is 10.6. The molecule has 0 aliphatic rings. The number of imidazole rings is 1. The Balaban J connectivity index is 1.99. The van der Waals surface area contributed by atoms with Gasteiger partial charge in [-0.15, -0.1) is 0 Å². The molecule has 0 bridgehead atoms. The van der Waals surface area contributed by atoms with Crippen molar-refractivity contribution in [3.63, 3.8) is 0 Å². The van der Waals surface area contributed by atoms with Crippen LogP contribution in [0.25, 0.3) is 5.65 Å². The van der Waals surface area contributed by atoms with Crippen LogP contribution in [0.2, 0.25) is 0 Å². The molecular weight excluding hydrogens is 276 g/mol. The Bertz CT molecular complexity index is 918. The number of nitrogens with one attached hydrogen (secondary N) is 1. The van der Waals surface area contributed by atoms with Crippen molar-refractivity contribution in [1.82, 2.24) is 4.40 Å². The molecular formula is C17H15N4O+. The number of benzene rings is 1. The molecule has 22 heavy (non-hydrogen) atoms. The summed E-state index contributed by atoms with van der Waals surface area (Å²) in [6.45, 7) is 1.90. The monoisotopic (exact) mass is 291 g/mol. The summed E-state index contributed by atoms with van der Waals surface area (Å²) in [7, 11) is 1.90. The number of anilines is 1. The Morgan fingerprint density at radius 3 is 2.91 bits per heavy atom. The lowest BCUT2D eigenvalue weighted by atomic mass is 10.1. The molecule has 108 valence electrons. The number of hydrogen-bond acceptors (Lipinski definition) is 2. The predicted octanol–water partition coefficient (Wildman–Crippen LogP) is 2.20. The molecule has 0 aliphatic carbocycles. The van der Waals surface area contributed by atoms with Crippen LogP contribution in [0.1, 0.15) is 21.6 Å². The molecule has 0 radical (unpaired) electrons. The predicted molar refractivity (Wildman–Crippen MR) is 82.4 cm³/mol. The van der Waals surface area contributed by atoms with Crippen LogP contribution in [0.5, 0.6) is 0 Å². The molecule has 0 saturated carbocycles. The highest BCUT2D eigenvalue weighted by molar-refractivity contribution is 6.03. The smallest absolute Gasteiger partial charge is 0.299 e. The van der Waals surface area contributed by atoms with Crippen molar-refractivity contribution in [2.24, 2.45) is 7.05 Å². The van der Waals surface area contributed by atoms with Crippen molar-refractivity contribution in [2.45, 2.75) is 6.92 Å². The van der Waals surface area contributed by atoms with Crippen molar-refractivity contribution < 1.29 is 9.36 Å². The van der Waals surface area contributed by atoms with Gasteiger partial charge in [0.2, 0.25) is 5.69 Å². The van der Waals surface area contributed by atoms with Crippen LogP contribution in [-0.4, -0.2) is 10.3 Å². The van der Waals surface area contributed by atoms with Gasteiger partial charge in [-0.1, -0.05) is 12.1 Å². The highest BCUT2D eigenvalue weighted by Gasteiger charge is 2.21. The lowest BCUT2D eigenvalue weighted by molar-refractivity contribution is -0.644. The number of nitrogens with zero attached hydrogens (tertiary/aromatic N) is 3. The van der Waals surface area contributed by atoms with Crippen LogP contribution >= 0.6 is 0 Å². The van der Waals surface area contributed by atoms with E-state index in [0.717, 1.165) is 11.2 Å². The second-order valence-corrected chi connectivity index (χ2v) is 5.15. The van der Waals surface area contributed by atoms with Gasteiger partial charge in [-0.25, -0.2) is 4.57 Å². The van der Waals surface area contributed by atoms with E-state index in [4.69, 9.17) is 5.26 Å². The average molecular weight is 291 g/mol. The SMILES string of the molecule is Cc1ccc(C#N)cc1NC(=O)c1c[n+](C)c2ccccn12. The number of amides is 1. The van der Waals surface area contributed by atoms with Crippen LogP contribution in [0, 0.1) is 18.3 Å². The molecule has 0 fully saturated rings. The minimum atomic E-state index is -0.208. The van der Waals surface area contributed by atoms with Crippen LogP contribution in [0.3, 0.4) is 0 Å². The van der Waals surface area contributed by atoms with E-state index in [-0.39, 0.29) is 5.91 Å². The first-order valence-electron chi connectivity index (χ1n) is 6.88. The summed E-state index contributed by atoms with van der Waals surface area (Å²) in [6, 6.07) is 13.1. The molecule has 2 heterocycles. The maximum atomic E-state index is 12.6. The summed E-state index contributed by atoms with van der Waals surface area (Å²) in [4.78, 5) is 12.6. The summed E-state index contributed by atoms with van der Waals surface area (Å²) in [5.41, 5.74) is 3.55. The molecule has 0 spiro atoms. The number of aromatic nitrogens is 2. The number of carbonyl (C=O) groups is 1. The number of fused-ring (bicyclic) bond motifs is 1. The maximum Gasteiger partial charge on any atom is 0.299 e. The Morgan fingerprint density at radius 1 is 1.32 bits per heavy atom. The van der Waals surface area contributed by atoms with Crippen LogP contribution < -0.4 is 9.88 Å².